The van der Waals surface area contributed by atoms with Crippen LogP contribution >= 0.6 is 0 Å². The number of carbonyl (C=O) groups is 2. The smallest absolute Gasteiger partial charge is 0.328 e. The zero-order chi connectivity index (χ0) is 17.4. The van der Waals surface area contributed by atoms with E-state index in [4.69, 9.17) is 5.11 Å². The number of carboxylic acid groups (broad SMARTS) is 1. The Labute approximate surface area is 139 Å². The number of hydrogen-bond acceptors (Lipinski definition) is 2. The van der Waals surface area contributed by atoms with E-state index in [2.05, 4.69) is 27.7 Å². The van der Waals surface area contributed by atoms with Gasteiger partial charge in [-0.05, 0) is 68.3 Å². The highest BCUT2D eigenvalue weighted by molar-refractivity contribution is 5.92. The van der Waals surface area contributed by atoms with Crippen molar-refractivity contribution in [2.45, 2.75) is 66.7 Å². The van der Waals surface area contributed by atoms with E-state index in [1.54, 1.807) is 0 Å². The molecule has 3 heteroatoms. The molecule has 1 fully saturated rings. The Bertz CT molecular complexity index is 571. The van der Waals surface area contributed by atoms with E-state index < -0.39 is 5.97 Å². The molecule has 0 aromatic heterocycles. The summed E-state index contributed by atoms with van der Waals surface area (Å²) in [6.45, 7) is 10.9. The highest BCUT2D eigenvalue weighted by atomic mass is 16.4. The molecule has 1 saturated carbocycles. The van der Waals surface area contributed by atoms with Crippen LogP contribution in [-0.4, -0.2) is 16.9 Å². The van der Waals surface area contributed by atoms with Crippen molar-refractivity contribution in [2.75, 3.05) is 0 Å². The average molecular weight is 318 g/mol. The highest BCUT2D eigenvalue weighted by Gasteiger charge is 2.54. The van der Waals surface area contributed by atoms with Crippen LogP contribution in [0.4, 0.5) is 0 Å². The van der Waals surface area contributed by atoms with Gasteiger partial charge < -0.3 is 5.11 Å². The fraction of sp³-hybridized carbons (Fsp3) is 0.700. The minimum atomic E-state index is -0.874. The number of rotatable bonds is 4. The summed E-state index contributed by atoms with van der Waals surface area (Å²) in [5.74, 6) is 0.287. The van der Waals surface area contributed by atoms with Crippen molar-refractivity contribution < 1.29 is 14.7 Å². The first-order valence-electron chi connectivity index (χ1n) is 8.71. The Balaban J connectivity index is 2.29. The van der Waals surface area contributed by atoms with Crippen molar-refractivity contribution in [1.82, 2.24) is 0 Å². The van der Waals surface area contributed by atoms with Crippen molar-refractivity contribution >= 4 is 11.8 Å². The lowest BCUT2D eigenvalue weighted by Gasteiger charge is -2.57. The molecular weight excluding hydrogens is 288 g/mol. The molecule has 0 heterocycles. The molecule has 0 bridgehead atoms. The molecule has 23 heavy (non-hydrogen) atoms. The first-order chi connectivity index (χ1) is 10.6. The molecule has 4 atom stereocenters. The number of hydrogen-bond donors (Lipinski definition) is 1. The monoisotopic (exact) mass is 318 g/mol. The second-order valence-electron chi connectivity index (χ2n) is 8.24. The van der Waals surface area contributed by atoms with Gasteiger partial charge in [-0.2, -0.15) is 0 Å². The Morgan fingerprint density at radius 1 is 1.43 bits per heavy atom. The van der Waals surface area contributed by atoms with Crippen LogP contribution in [0.3, 0.4) is 0 Å². The molecule has 2 aliphatic carbocycles. The van der Waals surface area contributed by atoms with Crippen molar-refractivity contribution in [3.63, 3.8) is 0 Å². The summed E-state index contributed by atoms with van der Waals surface area (Å²) in [5.41, 5.74) is 2.33. The molecule has 3 nitrogen and oxygen atoms in total. The number of fused-ring (bicyclic) bond motifs is 1. The maximum Gasteiger partial charge on any atom is 0.328 e. The predicted octanol–water partition coefficient (Wildman–Crippen LogP) is 4.78. The maximum absolute atomic E-state index is 12.2. The molecule has 128 valence electrons. The van der Waals surface area contributed by atoms with Gasteiger partial charge in [0.05, 0.1) is 0 Å². The third-order valence-corrected chi connectivity index (χ3v) is 6.90. The summed E-state index contributed by atoms with van der Waals surface area (Å²) in [4.78, 5) is 23.0. The van der Waals surface area contributed by atoms with Gasteiger partial charge in [0.2, 0.25) is 0 Å². The van der Waals surface area contributed by atoms with E-state index in [0.717, 1.165) is 24.8 Å². The van der Waals surface area contributed by atoms with E-state index in [9.17, 15) is 9.59 Å². The number of ketones is 1. The molecule has 0 radical (unpaired) electrons. The Hall–Kier alpha value is -1.38. The van der Waals surface area contributed by atoms with Crippen LogP contribution in [0.1, 0.15) is 66.7 Å². The van der Waals surface area contributed by atoms with Gasteiger partial charge in [0.15, 0.2) is 5.78 Å². The van der Waals surface area contributed by atoms with Crippen LogP contribution < -0.4 is 0 Å². The van der Waals surface area contributed by atoms with Gasteiger partial charge in [0.25, 0.3) is 0 Å². The van der Waals surface area contributed by atoms with Gasteiger partial charge >= 0.3 is 5.97 Å². The van der Waals surface area contributed by atoms with Crippen LogP contribution in [0.5, 0.6) is 0 Å². The van der Waals surface area contributed by atoms with Crippen molar-refractivity contribution in [3.8, 4) is 0 Å². The van der Waals surface area contributed by atoms with Crippen molar-refractivity contribution in [1.29, 1.82) is 0 Å². The number of carboxylic acids is 1. The quantitative estimate of drug-likeness (QED) is 0.759. The van der Waals surface area contributed by atoms with Gasteiger partial charge in [-0.1, -0.05) is 31.9 Å². The van der Waals surface area contributed by atoms with Gasteiger partial charge in [-0.25, -0.2) is 4.79 Å². The molecule has 0 aromatic rings. The lowest BCUT2D eigenvalue weighted by molar-refractivity contribution is -0.131. The Kier molecular flexibility index (Phi) is 4.89. The molecular formula is C20H30O3. The largest absolute Gasteiger partial charge is 0.478 e. The van der Waals surface area contributed by atoms with E-state index in [-0.39, 0.29) is 16.6 Å². The fourth-order valence-electron chi connectivity index (χ4n) is 4.86. The lowest BCUT2D eigenvalue weighted by Crippen LogP contribution is -2.50. The second kappa shape index (κ2) is 6.26. The second-order valence-corrected chi connectivity index (χ2v) is 8.24. The Morgan fingerprint density at radius 3 is 2.70 bits per heavy atom. The van der Waals surface area contributed by atoms with Crippen molar-refractivity contribution in [2.24, 2.45) is 22.7 Å². The molecule has 2 aliphatic rings. The van der Waals surface area contributed by atoms with Crippen LogP contribution in [0.15, 0.2) is 23.3 Å². The molecule has 1 N–H and O–H groups in total. The summed E-state index contributed by atoms with van der Waals surface area (Å²) in [5, 5.41) is 8.91. The van der Waals surface area contributed by atoms with Gasteiger partial charge in [-0.3, -0.25) is 4.79 Å². The number of carbonyl (C=O) groups excluding carboxylic acids is 1. The molecule has 0 spiro atoms. The molecule has 0 aromatic carbocycles. The number of aliphatic carboxylic acids is 1. The van der Waals surface area contributed by atoms with Crippen molar-refractivity contribution in [3.05, 3.63) is 23.3 Å². The summed E-state index contributed by atoms with van der Waals surface area (Å²) >= 11 is 0. The van der Waals surface area contributed by atoms with E-state index in [1.807, 2.05) is 13.0 Å². The highest BCUT2D eigenvalue weighted by Crippen LogP contribution is 2.61. The van der Waals surface area contributed by atoms with E-state index in [0.29, 0.717) is 18.3 Å². The standard InChI is InChI=1S/C20H30O3/c1-13(10-18(22)23)6-8-19(4)14(2)7-9-20(5)15(3)11-16(21)12-17(19)20/h10-11,14,17H,6-9,12H2,1-5H3,(H,22,23)/b13-10+/t14-,17+,19-,20+/m0/s1. The first-order valence-corrected chi connectivity index (χ1v) is 8.71. The van der Waals surface area contributed by atoms with Crippen LogP contribution in [-0.2, 0) is 9.59 Å². The summed E-state index contributed by atoms with van der Waals surface area (Å²) in [6, 6.07) is 0. The van der Waals surface area contributed by atoms with Crippen LogP contribution in [0.2, 0.25) is 0 Å². The zero-order valence-electron chi connectivity index (χ0n) is 15.1. The third kappa shape index (κ3) is 3.29. The molecule has 0 unspecified atom stereocenters. The normalized spacial score (nSPS) is 38.0. The summed E-state index contributed by atoms with van der Waals surface area (Å²) < 4.78 is 0. The molecule has 0 aliphatic heterocycles. The van der Waals surface area contributed by atoms with Gasteiger partial charge in [-0.15, -0.1) is 0 Å². The third-order valence-electron chi connectivity index (χ3n) is 6.90. The molecule has 2 rings (SSSR count). The lowest BCUT2D eigenvalue weighted by atomic mass is 9.47. The average Bonchev–Trinajstić information content (AvgIpc) is 2.44. The Morgan fingerprint density at radius 2 is 2.09 bits per heavy atom. The molecule has 0 amide bonds. The first kappa shape index (κ1) is 18.0. The SMILES string of the molecule is CC1=CC(=O)C[C@@H]2[C@@](C)(CC/C(C)=C/C(=O)O)[C@@H](C)CC[C@]12C. The topological polar surface area (TPSA) is 54.4 Å². The van der Waals surface area contributed by atoms with Crippen LogP contribution in [0, 0.1) is 22.7 Å². The van der Waals surface area contributed by atoms with E-state index >= 15 is 0 Å². The zero-order valence-corrected chi connectivity index (χ0v) is 15.1. The number of allylic oxidation sites excluding steroid dienone is 3. The molecule has 0 saturated heterocycles. The minimum Gasteiger partial charge on any atom is -0.478 e. The summed E-state index contributed by atoms with van der Waals surface area (Å²) in [7, 11) is 0. The van der Waals surface area contributed by atoms with Crippen LogP contribution in [0.25, 0.3) is 0 Å². The summed E-state index contributed by atoms with van der Waals surface area (Å²) in [6.07, 6.45) is 7.85. The van der Waals surface area contributed by atoms with Gasteiger partial charge in [0, 0.05) is 12.5 Å². The van der Waals surface area contributed by atoms with Gasteiger partial charge in [0.1, 0.15) is 0 Å². The van der Waals surface area contributed by atoms with E-state index in [1.165, 1.54) is 18.1 Å². The predicted molar refractivity (Wildman–Crippen MR) is 92.1 cm³/mol. The maximum atomic E-state index is 12.2. The minimum absolute atomic E-state index is 0.0752. The fourth-order valence-corrected chi connectivity index (χ4v) is 4.86.